The molecule has 0 saturated heterocycles. The van der Waals surface area contributed by atoms with Gasteiger partial charge in [0.1, 0.15) is 5.75 Å². The molecule has 0 unspecified atom stereocenters. The number of nitrogens with two attached hydrogens (primary N) is 1. The van der Waals surface area contributed by atoms with Gasteiger partial charge in [0.15, 0.2) is 6.61 Å². The summed E-state index contributed by atoms with van der Waals surface area (Å²) in [4.78, 5) is 10.7. The average molecular weight is 453 g/mol. The van der Waals surface area contributed by atoms with Crippen LogP contribution in [0.2, 0.25) is 0 Å². The highest BCUT2D eigenvalue weighted by atomic mass is 79.9. The molecule has 0 atom stereocenters. The van der Waals surface area contributed by atoms with Crippen LogP contribution in [0.5, 0.6) is 5.75 Å². The Morgan fingerprint density at radius 3 is 2.52 bits per heavy atom. The summed E-state index contributed by atoms with van der Waals surface area (Å²) < 4.78 is 38.1. The minimum absolute atomic E-state index is 0.121. The van der Waals surface area contributed by atoms with Crippen molar-refractivity contribution in [1.82, 2.24) is 0 Å². The third-order valence-electron chi connectivity index (χ3n) is 3.38. The van der Waals surface area contributed by atoms with Gasteiger partial charge in [0.25, 0.3) is 10.0 Å². The predicted molar refractivity (Wildman–Crippen MR) is 105 cm³/mol. The summed E-state index contributed by atoms with van der Waals surface area (Å²) in [5.41, 5.74) is 6.42. The molecule has 7 nitrogen and oxygen atoms in total. The van der Waals surface area contributed by atoms with E-state index < -0.39 is 16.1 Å². The van der Waals surface area contributed by atoms with E-state index in [-0.39, 0.29) is 17.2 Å². The fourth-order valence-electron chi connectivity index (χ4n) is 2.06. The molecule has 0 fully saturated rings. The molecule has 0 heterocycles. The summed E-state index contributed by atoms with van der Waals surface area (Å²) in [5, 5.41) is 0. The van der Waals surface area contributed by atoms with Crippen molar-refractivity contribution in [2.45, 2.75) is 11.8 Å². The minimum atomic E-state index is -3.82. The molecule has 0 aliphatic rings. The van der Waals surface area contributed by atoms with E-state index in [4.69, 9.17) is 10.5 Å². The standard InChI is InChI=1S/C18H17BrN2O5S/c1-12-5-7-14(8-6-12)27(23,24)21-16-11-15(19)17(25-2)10-13(16)4-3-9-26-18(20)22/h5-8,10-11,21H,9H2,1-2H3,(H2,20,22). The lowest BCUT2D eigenvalue weighted by Gasteiger charge is -2.13. The molecular weight excluding hydrogens is 436 g/mol. The summed E-state index contributed by atoms with van der Waals surface area (Å²) in [7, 11) is -2.34. The van der Waals surface area contributed by atoms with Gasteiger partial charge in [-0.2, -0.15) is 0 Å². The van der Waals surface area contributed by atoms with Crippen molar-refractivity contribution in [2.24, 2.45) is 5.73 Å². The minimum Gasteiger partial charge on any atom is -0.496 e. The lowest BCUT2D eigenvalue weighted by Crippen LogP contribution is -2.14. The molecule has 2 rings (SSSR count). The van der Waals surface area contributed by atoms with E-state index in [1.165, 1.54) is 19.2 Å². The second-order valence-electron chi connectivity index (χ2n) is 5.36. The molecule has 0 aliphatic heterocycles. The SMILES string of the molecule is COc1cc(C#CCOC(N)=O)c(NS(=O)(=O)c2ccc(C)cc2)cc1Br. The van der Waals surface area contributed by atoms with Crippen LogP contribution >= 0.6 is 15.9 Å². The number of nitrogens with one attached hydrogen (secondary N) is 1. The smallest absolute Gasteiger partial charge is 0.405 e. The number of hydrogen-bond donors (Lipinski definition) is 2. The number of anilines is 1. The van der Waals surface area contributed by atoms with Gasteiger partial charge in [-0.15, -0.1) is 0 Å². The van der Waals surface area contributed by atoms with E-state index in [1.807, 2.05) is 6.92 Å². The predicted octanol–water partition coefficient (Wildman–Crippen LogP) is 3.01. The van der Waals surface area contributed by atoms with Gasteiger partial charge < -0.3 is 15.2 Å². The molecule has 0 bridgehead atoms. The van der Waals surface area contributed by atoms with Gasteiger partial charge in [0.05, 0.1) is 27.7 Å². The zero-order valence-corrected chi connectivity index (χ0v) is 17.0. The number of carbonyl (C=O) groups is 1. The van der Waals surface area contributed by atoms with Crippen molar-refractivity contribution in [3.63, 3.8) is 0 Å². The highest BCUT2D eigenvalue weighted by molar-refractivity contribution is 9.10. The van der Waals surface area contributed by atoms with Crippen molar-refractivity contribution >= 4 is 37.7 Å². The van der Waals surface area contributed by atoms with Crippen LogP contribution in [0.4, 0.5) is 10.5 Å². The van der Waals surface area contributed by atoms with E-state index in [0.717, 1.165) is 5.56 Å². The Bertz CT molecular complexity index is 1010. The third-order valence-corrected chi connectivity index (χ3v) is 5.38. The van der Waals surface area contributed by atoms with Gasteiger partial charge in [-0.25, -0.2) is 13.2 Å². The number of ether oxygens (including phenoxy) is 2. The summed E-state index contributed by atoms with van der Waals surface area (Å²) >= 11 is 3.32. The second-order valence-corrected chi connectivity index (χ2v) is 7.90. The fourth-order valence-corrected chi connectivity index (χ4v) is 3.63. The second kappa shape index (κ2) is 8.79. The molecule has 3 N–H and O–H groups in total. The first kappa shape index (κ1) is 20.6. The molecule has 0 aliphatic carbocycles. The van der Waals surface area contributed by atoms with Gasteiger partial charge in [-0.1, -0.05) is 29.5 Å². The first-order valence-corrected chi connectivity index (χ1v) is 9.88. The molecule has 2 aromatic rings. The van der Waals surface area contributed by atoms with E-state index in [1.54, 1.807) is 24.3 Å². The quantitative estimate of drug-likeness (QED) is 0.677. The highest BCUT2D eigenvalue weighted by Gasteiger charge is 2.17. The summed E-state index contributed by atoms with van der Waals surface area (Å²) in [6.07, 6.45) is -0.946. The van der Waals surface area contributed by atoms with Crippen molar-refractivity contribution in [3.05, 3.63) is 52.0 Å². The van der Waals surface area contributed by atoms with Crippen molar-refractivity contribution in [2.75, 3.05) is 18.4 Å². The molecule has 2 aromatic carbocycles. The Kier molecular flexibility index (Phi) is 6.71. The van der Waals surface area contributed by atoms with Crippen molar-refractivity contribution < 1.29 is 22.7 Å². The lowest BCUT2D eigenvalue weighted by atomic mass is 10.2. The van der Waals surface area contributed by atoms with E-state index in [9.17, 15) is 13.2 Å². The normalized spacial score (nSPS) is 10.5. The van der Waals surface area contributed by atoms with E-state index >= 15 is 0 Å². The number of sulfonamides is 1. The maximum Gasteiger partial charge on any atom is 0.405 e. The number of benzene rings is 2. The zero-order chi connectivity index (χ0) is 20.0. The number of hydrogen-bond acceptors (Lipinski definition) is 5. The number of methoxy groups -OCH3 is 1. The molecule has 0 aromatic heterocycles. The number of primary amides is 1. The summed E-state index contributed by atoms with van der Waals surface area (Å²) in [5.74, 6) is 5.81. The first-order chi connectivity index (χ1) is 12.7. The van der Waals surface area contributed by atoms with Crippen LogP contribution in [-0.4, -0.2) is 28.2 Å². The molecule has 0 radical (unpaired) electrons. The number of rotatable bonds is 5. The Morgan fingerprint density at radius 1 is 1.26 bits per heavy atom. The van der Waals surface area contributed by atoms with E-state index in [2.05, 4.69) is 37.2 Å². The first-order valence-electron chi connectivity index (χ1n) is 7.61. The molecule has 9 heteroatoms. The monoisotopic (exact) mass is 452 g/mol. The molecular formula is C18H17BrN2O5S. The van der Waals surface area contributed by atoms with Crippen LogP contribution in [0.15, 0.2) is 45.8 Å². The Hall–Kier alpha value is -2.70. The van der Waals surface area contributed by atoms with Crippen molar-refractivity contribution in [3.8, 4) is 17.6 Å². The number of carbonyl (C=O) groups excluding carboxylic acids is 1. The Morgan fingerprint density at radius 2 is 1.93 bits per heavy atom. The number of aryl methyl sites for hydroxylation is 1. The fraction of sp³-hybridized carbons (Fsp3) is 0.167. The molecule has 27 heavy (non-hydrogen) atoms. The molecule has 1 amide bonds. The number of halogens is 1. The highest BCUT2D eigenvalue weighted by Crippen LogP contribution is 2.32. The maximum absolute atomic E-state index is 12.7. The Labute approximate surface area is 166 Å². The van der Waals surface area contributed by atoms with Crippen LogP contribution in [0.25, 0.3) is 0 Å². The largest absolute Gasteiger partial charge is 0.496 e. The lowest BCUT2D eigenvalue weighted by molar-refractivity contribution is 0.171. The summed E-state index contributed by atoms with van der Waals surface area (Å²) in [6, 6.07) is 9.56. The van der Waals surface area contributed by atoms with Crippen molar-refractivity contribution in [1.29, 1.82) is 0 Å². The third kappa shape index (κ3) is 5.64. The van der Waals surface area contributed by atoms with Crippen LogP contribution < -0.4 is 15.2 Å². The van der Waals surface area contributed by atoms with Gasteiger partial charge in [-0.3, -0.25) is 4.72 Å². The van der Waals surface area contributed by atoms with Gasteiger partial charge >= 0.3 is 6.09 Å². The summed E-state index contributed by atoms with van der Waals surface area (Å²) in [6.45, 7) is 1.64. The molecule has 0 saturated carbocycles. The van der Waals surface area contributed by atoms with Gasteiger partial charge in [0.2, 0.25) is 0 Å². The van der Waals surface area contributed by atoms with E-state index in [0.29, 0.717) is 15.8 Å². The maximum atomic E-state index is 12.7. The average Bonchev–Trinajstić information content (AvgIpc) is 2.60. The molecule has 0 spiro atoms. The van der Waals surface area contributed by atoms with Crippen LogP contribution in [0.3, 0.4) is 0 Å². The topological polar surface area (TPSA) is 108 Å². The van der Waals surface area contributed by atoms with Gasteiger partial charge in [0, 0.05) is 0 Å². The van der Waals surface area contributed by atoms with Gasteiger partial charge in [-0.05, 0) is 47.1 Å². The van der Waals surface area contributed by atoms with Crippen LogP contribution in [0.1, 0.15) is 11.1 Å². The molecule has 142 valence electrons. The van der Waals surface area contributed by atoms with Crippen LogP contribution in [0, 0.1) is 18.8 Å². The van der Waals surface area contributed by atoms with Crippen LogP contribution in [-0.2, 0) is 14.8 Å². The number of amides is 1. The zero-order valence-electron chi connectivity index (χ0n) is 14.6. The Balaban J connectivity index is 2.40.